The highest BCUT2D eigenvalue weighted by Crippen LogP contribution is 2.19. The van der Waals surface area contributed by atoms with Crippen molar-refractivity contribution in [2.24, 2.45) is 16.3 Å². The average Bonchev–Trinajstić information content (AvgIpc) is 2.16. The molecule has 0 radical (unpaired) electrons. The fourth-order valence-corrected chi connectivity index (χ4v) is 1.43. The van der Waals surface area contributed by atoms with Gasteiger partial charge in [0, 0.05) is 11.5 Å². The van der Waals surface area contributed by atoms with Crippen LogP contribution in [-0.2, 0) is 0 Å². The van der Waals surface area contributed by atoms with Crippen LogP contribution in [0.4, 0.5) is 0 Å². The molecule has 0 aliphatic rings. The second-order valence-electron chi connectivity index (χ2n) is 4.76. The lowest BCUT2D eigenvalue weighted by Gasteiger charge is -2.24. The Bertz CT molecular complexity index is 202. The van der Waals surface area contributed by atoms with Crippen LogP contribution in [0.1, 0.15) is 47.0 Å². The lowest BCUT2D eigenvalue weighted by molar-refractivity contribution is 0.304. The molecule has 0 saturated heterocycles. The molecule has 0 aliphatic heterocycles. The van der Waals surface area contributed by atoms with E-state index in [2.05, 4.69) is 24.3 Å². The van der Waals surface area contributed by atoms with E-state index in [9.17, 15) is 0 Å². The number of hydrogen-bond donors (Lipinski definition) is 3. The van der Waals surface area contributed by atoms with Gasteiger partial charge in [0.25, 0.3) is 0 Å². The van der Waals surface area contributed by atoms with Gasteiger partial charge in [0.2, 0.25) is 0 Å². The highest BCUT2D eigenvalue weighted by Gasteiger charge is 2.22. The zero-order chi connectivity index (χ0) is 11.9. The first kappa shape index (κ1) is 14.2. The summed E-state index contributed by atoms with van der Waals surface area (Å²) in [6.45, 7) is 9.21. The van der Waals surface area contributed by atoms with Crippen molar-refractivity contribution in [1.82, 2.24) is 5.32 Å². The number of amidine groups is 1. The van der Waals surface area contributed by atoms with Crippen LogP contribution < -0.4 is 11.1 Å². The third kappa shape index (κ3) is 5.62. The van der Waals surface area contributed by atoms with Crippen LogP contribution in [0, 0.1) is 5.41 Å². The van der Waals surface area contributed by atoms with E-state index < -0.39 is 0 Å². The van der Waals surface area contributed by atoms with Gasteiger partial charge >= 0.3 is 0 Å². The van der Waals surface area contributed by atoms with Gasteiger partial charge in [-0.15, -0.1) is 0 Å². The fourth-order valence-electron chi connectivity index (χ4n) is 1.43. The van der Waals surface area contributed by atoms with Crippen LogP contribution in [0.5, 0.6) is 0 Å². The number of hydrogen-bond acceptors (Lipinski definition) is 3. The maximum atomic E-state index is 8.61. The lowest BCUT2D eigenvalue weighted by Crippen LogP contribution is -2.36. The van der Waals surface area contributed by atoms with Crippen molar-refractivity contribution in [3.8, 4) is 0 Å². The maximum Gasteiger partial charge on any atom is 0.144 e. The molecule has 0 heterocycles. The van der Waals surface area contributed by atoms with Gasteiger partial charge in [-0.2, -0.15) is 0 Å². The molecule has 15 heavy (non-hydrogen) atoms. The van der Waals surface area contributed by atoms with Gasteiger partial charge in [-0.3, -0.25) is 0 Å². The van der Waals surface area contributed by atoms with E-state index in [0.29, 0.717) is 11.9 Å². The van der Waals surface area contributed by atoms with Gasteiger partial charge < -0.3 is 16.3 Å². The Balaban J connectivity index is 3.85. The summed E-state index contributed by atoms with van der Waals surface area (Å²) in [5.41, 5.74) is 5.36. The minimum atomic E-state index is -0.242. The zero-order valence-corrected chi connectivity index (χ0v) is 10.4. The first-order valence-electron chi connectivity index (χ1n) is 5.65. The molecule has 0 aromatic heterocycles. The van der Waals surface area contributed by atoms with Crippen LogP contribution in [0.15, 0.2) is 5.16 Å². The summed E-state index contributed by atoms with van der Waals surface area (Å²) in [5.74, 6) is 0.299. The zero-order valence-electron chi connectivity index (χ0n) is 10.4. The van der Waals surface area contributed by atoms with E-state index in [-0.39, 0.29) is 5.41 Å². The molecule has 90 valence electrons. The molecule has 0 bridgehead atoms. The predicted octanol–water partition coefficient (Wildman–Crippen LogP) is 1.93. The predicted molar refractivity (Wildman–Crippen MR) is 64.2 cm³/mol. The Hall–Kier alpha value is -0.770. The molecule has 0 rings (SSSR count). The second-order valence-corrected chi connectivity index (χ2v) is 4.76. The number of nitrogens with zero attached hydrogens (tertiary/aromatic N) is 1. The quantitative estimate of drug-likeness (QED) is 0.263. The minimum absolute atomic E-state index is 0.242. The van der Waals surface area contributed by atoms with E-state index in [1.54, 1.807) is 0 Å². The SMILES string of the molecule is CCCC(C)NCCC(C)(C)C(N)=NO. The number of rotatable bonds is 7. The van der Waals surface area contributed by atoms with Crippen molar-refractivity contribution in [1.29, 1.82) is 0 Å². The number of nitrogens with two attached hydrogens (primary N) is 1. The molecule has 0 aromatic rings. The first-order valence-corrected chi connectivity index (χ1v) is 5.65. The Kier molecular flexibility index (Phi) is 6.32. The van der Waals surface area contributed by atoms with Gasteiger partial charge in [0.15, 0.2) is 0 Å². The summed E-state index contributed by atoms with van der Waals surface area (Å²) in [6, 6.07) is 0.540. The molecular weight excluding hydrogens is 190 g/mol. The van der Waals surface area contributed by atoms with E-state index in [1.165, 1.54) is 12.8 Å². The Morgan fingerprint density at radius 1 is 1.53 bits per heavy atom. The standard InChI is InChI=1S/C11H25N3O/c1-5-6-9(2)13-8-7-11(3,4)10(12)14-15/h9,13,15H,5-8H2,1-4H3,(H2,12,14). The summed E-state index contributed by atoms with van der Waals surface area (Å²) >= 11 is 0. The molecular formula is C11H25N3O. The normalized spacial score (nSPS) is 15.3. The van der Waals surface area contributed by atoms with Crippen LogP contribution >= 0.6 is 0 Å². The molecule has 4 nitrogen and oxygen atoms in total. The third-order valence-electron chi connectivity index (χ3n) is 2.77. The van der Waals surface area contributed by atoms with E-state index in [1.807, 2.05) is 13.8 Å². The second kappa shape index (κ2) is 6.67. The lowest BCUT2D eigenvalue weighted by atomic mass is 9.88. The van der Waals surface area contributed by atoms with Crippen molar-refractivity contribution in [2.45, 2.75) is 53.0 Å². The largest absolute Gasteiger partial charge is 0.409 e. The van der Waals surface area contributed by atoms with E-state index in [0.717, 1.165) is 13.0 Å². The minimum Gasteiger partial charge on any atom is -0.409 e. The Morgan fingerprint density at radius 3 is 2.60 bits per heavy atom. The van der Waals surface area contributed by atoms with Crippen molar-refractivity contribution in [3.63, 3.8) is 0 Å². The van der Waals surface area contributed by atoms with Gasteiger partial charge in [-0.05, 0) is 26.3 Å². The van der Waals surface area contributed by atoms with Crippen molar-refractivity contribution in [2.75, 3.05) is 6.54 Å². The molecule has 0 saturated carbocycles. The highest BCUT2D eigenvalue weighted by molar-refractivity contribution is 5.85. The van der Waals surface area contributed by atoms with Crippen molar-refractivity contribution in [3.05, 3.63) is 0 Å². The first-order chi connectivity index (χ1) is 6.94. The monoisotopic (exact) mass is 215 g/mol. The van der Waals surface area contributed by atoms with Crippen LogP contribution in [-0.4, -0.2) is 23.6 Å². The van der Waals surface area contributed by atoms with Crippen molar-refractivity contribution >= 4 is 5.84 Å². The highest BCUT2D eigenvalue weighted by atomic mass is 16.4. The molecule has 0 aromatic carbocycles. The van der Waals surface area contributed by atoms with Crippen LogP contribution in [0.2, 0.25) is 0 Å². The maximum absolute atomic E-state index is 8.61. The molecule has 4 heteroatoms. The molecule has 0 fully saturated rings. The summed E-state index contributed by atoms with van der Waals surface area (Å²) in [6.07, 6.45) is 3.25. The fraction of sp³-hybridized carbons (Fsp3) is 0.909. The number of nitrogens with one attached hydrogen (secondary N) is 1. The summed E-state index contributed by atoms with van der Waals surface area (Å²) in [7, 11) is 0. The van der Waals surface area contributed by atoms with Gasteiger partial charge in [-0.1, -0.05) is 32.3 Å². The summed E-state index contributed by atoms with van der Waals surface area (Å²) < 4.78 is 0. The van der Waals surface area contributed by atoms with Gasteiger partial charge in [0.1, 0.15) is 5.84 Å². The van der Waals surface area contributed by atoms with E-state index >= 15 is 0 Å². The smallest absolute Gasteiger partial charge is 0.144 e. The molecule has 0 amide bonds. The van der Waals surface area contributed by atoms with Crippen LogP contribution in [0.3, 0.4) is 0 Å². The summed E-state index contributed by atoms with van der Waals surface area (Å²) in [5, 5.41) is 15.1. The third-order valence-corrected chi connectivity index (χ3v) is 2.77. The number of oxime groups is 1. The molecule has 4 N–H and O–H groups in total. The van der Waals surface area contributed by atoms with Crippen molar-refractivity contribution < 1.29 is 5.21 Å². The molecule has 1 atom stereocenters. The van der Waals surface area contributed by atoms with Crippen LogP contribution in [0.25, 0.3) is 0 Å². The topological polar surface area (TPSA) is 70.6 Å². The molecule has 1 unspecified atom stereocenters. The molecule has 0 aliphatic carbocycles. The van der Waals surface area contributed by atoms with Gasteiger partial charge in [-0.25, -0.2) is 0 Å². The summed E-state index contributed by atoms with van der Waals surface area (Å²) in [4.78, 5) is 0. The Morgan fingerprint density at radius 2 is 2.13 bits per heavy atom. The molecule has 0 spiro atoms. The Labute approximate surface area is 92.9 Å². The average molecular weight is 215 g/mol. The van der Waals surface area contributed by atoms with E-state index in [4.69, 9.17) is 10.9 Å². The van der Waals surface area contributed by atoms with Gasteiger partial charge in [0.05, 0.1) is 0 Å².